The van der Waals surface area contributed by atoms with Crippen LogP contribution in [0.3, 0.4) is 0 Å². The molecule has 0 saturated heterocycles. The zero-order chi connectivity index (χ0) is 8.39. The van der Waals surface area contributed by atoms with Crippen LogP contribution >= 0.6 is 11.8 Å². The Hall–Kier alpha value is -0.470. The molecule has 1 aromatic rings. The summed E-state index contributed by atoms with van der Waals surface area (Å²) in [4.78, 5) is 1.43. The van der Waals surface area contributed by atoms with Gasteiger partial charge in [-0.1, -0.05) is 18.2 Å². The van der Waals surface area contributed by atoms with E-state index in [1.807, 2.05) is 11.8 Å². The van der Waals surface area contributed by atoms with E-state index < -0.39 is 0 Å². The molecule has 1 atom stereocenters. The third-order valence-corrected chi connectivity index (χ3v) is 3.49. The Labute approximate surface area is 77.3 Å². The SMILES string of the molecule is NC[C@H]1CCSc2ccccc21. The minimum absolute atomic E-state index is 0.599. The van der Waals surface area contributed by atoms with E-state index in [2.05, 4.69) is 24.3 Å². The number of hydrogen-bond donors (Lipinski definition) is 1. The fraction of sp³-hybridized carbons (Fsp3) is 0.400. The molecule has 0 unspecified atom stereocenters. The summed E-state index contributed by atoms with van der Waals surface area (Å²) in [6, 6.07) is 8.61. The number of nitrogens with two attached hydrogens (primary N) is 1. The van der Waals surface area contributed by atoms with Crippen LogP contribution in [0.4, 0.5) is 0 Å². The van der Waals surface area contributed by atoms with E-state index in [0.29, 0.717) is 5.92 Å². The van der Waals surface area contributed by atoms with Gasteiger partial charge in [0.15, 0.2) is 0 Å². The second-order valence-electron chi connectivity index (χ2n) is 3.11. The molecule has 0 bridgehead atoms. The quantitative estimate of drug-likeness (QED) is 0.715. The third-order valence-electron chi connectivity index (χ3n) is 2.37. The fourth-order valence-electron chi connectivity index (χ4n) is 1.66. The van der Waals surface area contributed by atoms with Crippen LogP contribution in [0.1, 0.15) is 17.9 Å². The average Bonchev–Trinajstić information content (AvgIpc) is 2.17. The van der Waals surface area contributed by atoms with Crippen LogP contribution in [0, 0.1) is 0 Å². The normalized spacial score (nSPS) is 21.9. The Bertz CT molecular complexity index is 272. The molecule has 2 rings (SSSR count). The van der Waals surface area contributed by atoms with Crippen molar-refractivity contribution in [2.24, 2.45) is 5.73 Å². The van der Waals surface area contributed by atoms with Crippen molar-refractivity contribution in [3.05, 3.63) is 29.8 Å². The van der Waals surface area contributed by atoms with Gasteiger partial charge in [-0.2, -0.15) is 0 Å². The number of fused-ring (bicyclic) bond motifs is 1. The molecule has 0 saturated carbocycles. The van der Waals surface area contributed by atoms with Crippen molar-refractivity contribution in [2.75, 3.05) is 12.3 Å². The van der Waals surface area contributed by atoms with Gasteiger partial charge in [0.2, 0.25) is 0 Å². The van der Waals surface area contributed by atoms with Crippen molar-refractivity contribution in [2.45, 2.75) is 17.2 Å². The summed E-state index contributed by atoms with van der Waals surface area (Å²) < 4.78 is 0. The highest BCUT2D eigenvalue weighted by molar-refractivity contribution is 7.99. The maximum absolute atomic E-state index is 5.71. The monoisotopic (exact) mass is 179 g/mol. The van der Waals surface area contributed by atoms with Crippen molar-refractivity contribution in [3.63, 3.8) is 0 Å². The Morgan fingerprint density at radius 2 is 2.25 bits per heavy atom. The van der Waals surface area contributed by atoms with Crippen LogP contribution in [0.5, 0.6) is 0 Å². The Morgan fingerprint density at radius 1 is 1.42 bits per heavy atom. The summed E-state index contributed by atoms with van der Waals surface area (Å²) >= 11 is 1.95. The summed E-state index contributed by atoms with van der Waals surface area (Å²) in [5, 5.41) is 0. The molecule has 2 N–H and O–H groups in total. The topological polar surface area (TPSA) is 26.0 Å². The standard InChI is InChI=1S/C10H13NS/c11-7-8-5-6-12-10-4-2-1-3-9(8)10/h1-4,8H,5-7,11H2/t8-/m1/s1. The van der Waals surface area contributed by atoms with E-state index in [1.165, 1.54) is 22.6 Å². The second-order valence-corrected chi connectivity index (χ2v) is 4.24. The maximum Gasteiger partial charge on any atom is 0.0107 e. The molecular weight excluding hydrogens is 166 g/mol. The summed E-state index contributed by atoms with van der Waals surface area (Å²) in [5.41, 5.74) is 7.16. The van der Waals surface area contributed by atoms with E-state index in [1.54, 1.807) is 0 Å². The molecule has 64 valence electrons. The van der Waals surface area contributed by atoms with Crippen molar-refractivity contribution < 1.29 is 0 Å². The van der Waals surface area contributed by atoms with Crippen LogP contribution in [0.15, 0.2) is 29.2 Å². The Morgan fingerprint density at radius 3 is 3.08 bits per heavy atom. The molecule has 1 aliphatic heterocycles. The first-order valence-corrected chi connectivity index (χ1v) is 5.32. The number of benzene rings is 1. The first kappa shape index (κ1) is 8.14. The minimum Gasteiger partial charge on any atom is -0.330 e. The Balaban J connectivity index is 2.37. The highest BCUT2D eigenvalue weighted by Gasteiger charge is 2.18. The molecule has 2 heteroatoms. The molecule has 1 nitrogen and oxygen atoms in total. The van der Waals surface area contributed by atoms with Gasteiger partial charge in [-0.25, -0.2) is 0 Å². The predicted octanol–water partition coefficient (Wildman–Crippen LogP) is 2.22. The highest BCUT2D eigenvalue weighted by Crippen LogP contribution is 2.36. The predicted molar refractivity (Wildman–Crippen MR) is 53.6 cm³/mol. The van der Waals surface area contributed by atoms with Crippen molar-refractivity contribution in [1.82, 2.24) is 0 Å². The summed E-state index contributed by atoms with van der Waals surface area (Å²) in [6.07, 6.45) is 1.23. The molecule has 0 spiro atoms. The van der Waals surface area contributed by atoms with Crippen molar-refractivity contribution in [3.8, 4) is 0 Å². The lowest BCUT2D eigenvalue weighted by molar-refractivity contribution is 0.658. The van der Waals surface area contributed by atoms with Crippen LogP contribution < -0.4 is 5.73 Å². The van der Waals surface area contributed by atoms with Gasteiger partial charge >= 0.3 is 0 Å². The zero-order valence-corrected chi connectivity index (χ0v) is 7.81. The molecule has 1 aromatic carbocycles. The Kier molecular flexibility index (Phi) is 2.38. The largest absolute Gasteiger partial charge is 0.330 e. The molecule has 1 heterocycles. The average molecular weight is 179 g/mol. The third kappa shape index (κ3) is 1.37. The maximum atomic E-state index is 5.71. The number of rotatable bonds is 1. The van der Waals surface area contributed by atoms with Crippen LogP contribution in [-0.2, 0) is 0 Å². The summed E-state index contributed by atoms with van der Waals surface area (Å²) in [7, 11) is 0. The van der Waals surface area contributed by atoms with Crippen LogP contribution in [0.25, 0.3) is 0 Å². The van der Waals surface area contributed by atoms with Gasteiger partial charge in [0.25, 0.3) is 0 Å². The van der Waals surface area contributed by atoms with Gasteiger partial charge in [-0.05, 0) is 36.3 Å². The molecule has 0 amide bonds. The zero-order valence-electron chi connectivity index (χ0n) is 6.99. The summed E-state index contributed by atoms with van der Waals surface area (Å²) in [5.74, 6) is 1.82. The lowest BCUT2D eigenvalue weighted by Gasteiger charge is -2.23. The first-order chi connectivity index (χ1) is 5.92. The smallest absolute Gasteiger partial charge is 0.0107 e. The van der Waals surface area contributed by atoms with E-state index in [9.17, 15) is 0 Å². The second kappa shape index (κ2) is 3.50. The van der Waals surface area contributed by atoms with Gasteiger partial charge in [-0.15, -0.1) is 11.8 Å². The molecule has 12 heavy (non-hydrogen) atoms. The lowest BCUT2D eigenvalue weighted by Crippen LogP contribution is -2.16. The van der Waals surface area contributed by atoms with Crippen LogP contribution in [-0.4, -0.2) is 12.3 Å². The van der Waals surface area contributed by atoms with Gasteiger partial charge in [0.05, 0.1) is 0 Å². The minimum atomic E-state index is 0.599. The van der Waals surface area contributed by atoms with E-state index in [-0.39, 0.29) is 0 Å². The van der Waals surface area contributed by atoms with E-state index in [4.69, 9.17) is 5.73 Å². The van der Waals surface area contributed by atoms with Gasteiger partial charge in [-0.3, -0.25) is 0 Å². The molecule has 0 aromatic heterocycles. The highest BCUT2D eigenvalue weighted by atomic mass is 32.2. The lowest BCUT2D eigenvalue weighted by atomic mass is 9.96. The van der Waals surface area contributed by atoms with Gasteiger partial charge in [0.1, 0.15) is 0 Å². The molecule has 0 fully saturated rings. The first-order valence-electron chi connectivity index (χ1n) is 4.33. The van der Waals surface area contributed by atoms with Crippen molar-refractivity contribution >= 4 is 11.8 Å². The van der Waals surface area contributed by atoms with Gasteiger partial charge < -0.3 is 5.73 Å². The van der Waals surface area contributed by atoms with Crippen molar-refractivity contribution in [1.29, 1.82) is 0 Å². The number of thioether (sulfide) groups is 1. The van der Waals surface area contributed by atoms with E-state index in [0.717, 1.165) is 6.54 Å². The molecule has 0 aliphatic carbocycles. The molecule has 1 aliphatic rings. The molecule has 0 radical (unpaired) electrons. The van der Waals surface area contributed by atoms with Crippen LogP contribution in [0.2, 0.25) is 0 Å². The van der Waals surface area contributed by atoms with E-state index >= 15 is 0 Å². The fourth-order valence-corrected chi connectivity index (χ4v) is 2.86. The molecular formula is C10H13NS. The summed E-state index contributed by atoms with van der Waals surface area (Å²) in [6.45, 7) is 0.789. The number of hydrogen-bond acceptors (Lipinski definition) is 2. The van der Waals surface area contributed by atoms with Gasteiger partial charge in [0, 0.05) is 4.90 Å².